The Kier molecular flexibility index (Phi) is 3.30. The lowest BCUT2D eigenvalue weighted by atomic mass is 10.1. The van der Waals surface area contributed by atoms with Gasteiger partial charge in [-0.3, -0.25) is 9.13 Å². The number of hydrogen-bond donors (Lipinski definition) is 0. The molecule has 1 heterocycles. The normalized spacial score (nSPS) is 12.2. The summed E-state index contributed by atoms with van der Waals surface area (Å²) in [5.41, 5.74) is 1.77. The van der Waals surface area contributed by atoms with Crippen molar-refractivity contribution in [1.82, 2.24) is 9.13 Å². The van der Waals surface area contributed by atoms with E-state index in [0.29, 0.717) is 6.54 Å². The molecule has 4 heteroatoms. The SMILES string of the molecule is COC(C)(C)CCn1c(=O)n(C)c2ccccc21. The lowest BCUT2D eigenvalue weighted by molar-refractivity contribution is 0.0121. The van der Waals surface area contributed by atoms with E-state index in [4.69, 9.17) is 4.74 Å². The maximum absolute atomic E-state index is 12.2. The molecule has 18 heavy (non-hydrogen) atoms. The fraction of sp³-hybridized carbons (Fsp3) is 0.500. The van der Waals surface area contributed by atoms with Gasteiger partial charge >= 0.3 is 5.69 Å². The van der Waals surface area contributed by atoms with Crippen LogP contribution >= 0.6 is 0 Å². The van der Waals surface area contributed by atoms with Crippen molar-refractivity contribution in [3.05, 3.63) is 34.7 Å². The van der Waals surface area contributed by atoms with Crippen LogP contribution in [0.5, 0.6) is 0 Å². The molecule has 0 amide bonds. The predicted molar refractivity (Wildman–Crippen MR) is 72.9 cm³/mol. The zero-order chi connectivity index (χ0) is 13.3. The molecular weight excluding hydrogens is 228 g/mol. The van der Waals surface area contributed by atoms with Crippen LogP contribution in [-0.2, 0) is 18.3 Å². The van der Waals surface area contributed by atoms with Gasteiger partial charge in [0, 0.05) is 20.7 Å². The first-order chi connectivity index (χ1) is 8.46. The number of ether oxygens (including phenoxy) is 1. The van der Waals surface area contributed by atoms with Gasteiger partial charge in [-0.2, -0.15) is 0 Å². The summed E-state index contributed by atoms with van der Waals surface area (Å²) in [6.45, 7) is 4.73. The van der Waals surface area contributed by atoms with Crippen LogP contribution in [-0.4, -0.2) is 21.8 Å². The van der Waals surface area contributed by atoms with E-state index in [0.717, 1.165) is 17.5 Å². The monoisotopic (exact) mass is 248 g/mol. The van der Waals surface area contributed by atoms with Gasteiger partial charge in [0.05, 0.1) is 16.6 Å². The highest BCUT2D eigenvalue weighted by atomic mass is 16.5. The van der Waals surface area contributed by atoms with Gasteiger partial charge in [-0.25, -0.2) is 4.79 Å². The first kappa shape index (κ1) is 12.9. The van der Waals surface area contributed by atoms with Crippen LogP contribution in [0.25, 0.3) is 11.0 Å². The van der Waals surface area contributed by atoms with Crippen LogP contribution in [0.15, 0.2) is 29.1 Å². The van der Waals surface area contributed by atoms with Crippen molar-refractivity contribution in [2.75, 3.05) is 7.11 Å². The van der Waals surface area contributed by atoms with Crippen LogP contribution in [0.2, 0.25) is 0 Å². The van der Waals surface area contributed by atoms with E-state index >= 15 is 0 Å². The molecule has 0 spiro atoms. The largest absolute Gasteiger partial charge is 0.379 e. The van der Waals surface area contributed by atoms with Gasteiger partial charge in [0.25, 0.3) is 0 Å². The smallest absolute Gasteiger partial charge is 0.328 e. The average molecular weight is 248 g/mol. The Morgan fingerprint density at radius 1 is 1.22 bits per heavy atom. The fourth-order valence-electron chi connectivity index (χ4n) is 2.06. The Bertz CT molecular complexity index is 608. The molecule has 0 aliphatic heterocycles. The summed E-state index contributed by atoms with van der Waals surface area (Å²) in [6.07, 6.45) is 0.803. The van der Waals surface area contributed by atoms with Gasteiger partial charge in [-0.1, -0.05) is 12.1 Å². The van der Waals surface area contributed by atoms with Gasteiger partial charge in [-0.05, 0) is 32.4 Å². The summed E-state index contributed by atoms with van der Waals surface area (Å²) in [6, 6.07) is 7.86. The quantitative estimate of drug-likeness (QED) is 0.831. The Morgan fingerprint density at radius 3 is 2.44 bits per heavy atom. The van der Waals surface area contributed by atoms with E-state index in [1.165, 1.54) is 0 Å². The second kappa shape index (κ2) is 4.61. The van der Waals surface area contributed by atoms with Crippen LogP contribution in [0, 0.1) is 0 Å². The van der Waals surface area contributed by atoms with E-state index < -0.39 is 0 Å². The molecule has 1 aromatic carbocycles. The maximum Gasteiger partial charge on any atom is 0.328 e. The minimum absolute atomic E-state index is 0.0307. The van der Waals surface area contributed by atoms with Gasteiger partial charge in [0.1, 0.15) is 0 Å². The molecule has 2 rings (SSSR count). The summed E-state index contributed by atoms with van der Waals surface area (Å²) in [5.74, 6) is 0. The molecule has 1 aromatic heterocycles. The van der Waals surface area contributed by atoms with Gasteiger partial charge in [0.15, 0.2) is 0 Å². The average Bonchev–Trinajstić information content (AvgIpc) is 2.61. The fourth-order valence-corrected chi connectivity index (χ4v) is 2.06. The molecule has 4 nitrogen and oxygen atoms in total. The van der Waals surface area contributed by atoms with Crippen molar-refractivity contribution in [2.24, 2.45) is 7.05 Å². The number of imidazole rings is 1. The van der Waals surface area contributed by atoms with Gasteiger partial charge in [0.2, 0.25) is 0 Å². The predicted octanol–water partition coefficient (Wildman–Crippen LogP) is 2.16. The van der Waals surface area contributed by atoms with Crippen molar-refractivity contribution >= 4 is 11.0 Å². The Balaban J connectivity index is 2.40. The summed E-state index contributed by atoms with van der Waals surface area (Å²) >= 11 is 0. The number of nitrogens with zero attached hydrogens (tertiary/aromatic N) is 2. The Hall–Kier alpha value is -1.55. The highest BCUT2D eigenvalue weighted by Gasteiger charge is 2.18. The Labute approximate surface area is 107 Å². The number of aryl methyl sites for hydroxylation is 2. The zero-order valence-corrected chi connectivity index (χ0v) is 11.4. The van der Waals surface area contributed by atoms with E-state index in [1.54, 1.807) is 11.7 Å². The third-order valence-corrected chi connectivity index (χ3v) is 3.54. The second-order valence-electron chi connectivity index (χ2n) is 5.20. The van der Waals surface area contributed by atoms with Crippen molar-refractivity contribution in [1.29, 1.82) is 0 Å². The van der Waals surface area contributed by atoms with Crippen molar-refractivity contribution < 1.29 is 4.74 Å². The standard InChI is InChI=1S/C14H20N2O2/c1-14(2,18-4)9-10-16-12-8-6-5-7-11(12)15(3)13(16)17/h5-8H,9-10H2,1-4H3. The highest BCUT2D eigenvalue weighted by molar-refractivity contribution is 5.75. The van der Waals surface area contributed by atoms with Crippen LogP contribution in [0.1, 0.15) is 20.3 Å². The van der Waals surface area contributed by atoms with E-state index in [-0.39, 0.29) is 11.3 Å². The number of hydrogen-bond acceptors (Lipinski definition) is 2. The molecule has 0 saturated heterocycles. The van der Waals surface area contributed by atoms with Gasteiger partial charge < -0.3 is 4.74 Å². The first-order valence-electron chi connectivity index (χ1n) is 6.16. The molecule has 0 saturated carbocycles. The number of benzene rings is 1. The molecule has 0 radical (unpaired) electrons. The third kappa shape index (κ3) is 2.20. The van der Waals surface area contributed by atoms with Crippen molar-refractivity contribution in [3.63, 3.8) is 0 Å². The molecule has 2 aromatic rings. The number of methoxy groups -OCH3 is 1. The topological polar surface area (TPSA) is 36.2 Å². The number of aromatic nitrogens is 2. The minimum atomic E-state index is -0.212. The van der Waals surface area contributed by atoms with Crippen LogP contribution in [0.4, 0.5) is 0 Å². The number of para-hydroxylation sites is 2. The lowest BCUT2D eigenvalue weighted by Crippen LogP contribution is -2.28. The van der Waals surface area contributed by atoms with Crippen molar-refractivity contribution in [2.45, 2.75) is 32.4 Å². The molecule has 0 aliphatic rings. The summed E-state index contributed by atoms with van der Waals surface area (Å²) < 4.78 is 8.90. The van der Waals surface area contributed by atoms with E-state index in [9.17, 15) is 4.79 Å². The molecule has 0 N–H and O–H groups in total. The number of rotatable bonds is 4. The second-order valence-corrected chi connectivity index (χ2v) is 5.20. The summed E-state index contributed by atoms with van der Waals surface area (Å²) in [7, 11) is 3.51. The van der Waals surface area contributed by atoms with E-state index in [2.05, 4.69) is 0 Å². The minimum Gasteiger partial charge on any atom is -0.379 e. The molecule has 0 unspecified atom stereocenters. The Morgan fingerprint density at radius 2 is 1.83 bits per heavy atom. The molecule has 0 atom stereocenters. The molecule has 0 bridgehead atoms. The van der Waals surface area contributed by atoms with Gasteiger partial charge in [-0.15, -0.1) is 0 Å². The molecule has 0 aliphatic carbocycles. The van der Waals surface area contributed by atoms with E-state index in [1.807, 2.05) is 49.7 Å². The van der Waals surface area contributed by atoms with Crippen LogP contribution < -0.4 is 5.69 Å². The number of fused-ring (bicyclic) bond motifs is 1. The molecule has 98 valence electrons. The highest BCUT2D eigenvalue weighted by Crippen LogP contribution is 2.17. The molecule has 0 fully saturated rings. The lowest BCUT2D eigenvalue weighted by Gasteiger charge is -2.22. The summed E-state index contributed by atoms with van der Waals surface area (Å²) in [4.78, 5) is 12.2. The van der Waals surface area contributed by atoms with Crippen molar-refractivity contribution in [3.8, 4) is 0 Å². The summed E-state index contributed by atoms with van der Waals surface area (Å²) in [5, 5.41) is 0. The van der Waals surface area contributed by atoms with Crippen LogP contribution in [0.3, 0.4) is 0 Å². The third-order valence-electron chi connectivity index (χ3n) is 3.54. The first-order valence-corrected chi connectivity index (χ1v) is 6.16. The molecular formula is C14H20N2O2. The zero-order valence-electron chi connectivity index (χ0n) is 11.4. The maximum atomic E-state index is 12.2.